The lowest BCUT2D eigenvalue weighted by Crippen LogP contribution is -2.55. The fraction of sp³-hybridized carbons (Fsp3) is 0.750. The Morgan fingerprint density at radius 2 is 0.583 bits per heavy atom. The van der Waals surface area contributed by atoms with Gasteiger partial charge in [0.25, 0.3) is 0 Å². The van der Waals surface area contributed by atoms with Gasteiger partial charge in [-0.1, -0.05) is 23.2 Å². The van der Waals surface area contributed by atoms with Crippen molar-refractivity contribution >= 4 is 23.2 Å². The molecule has 0 N–H and O–H groups in total. The van der Waals surface area contributed by atoms with Gasteiger partial charge in [0.05, 0.1) is 0 Å². The summed E-state index contributed by atoms with van der Waals surface area (Å²) in [6.07, 6.45) is -14.3. The second-order valence-electron chi connectivity index (χ2n) is 3.92. The van der Waals surface area contributed by atoms with Crippen molar-refractivity contribution < 1.29 is 61.5 Å². The second-order valence-corrected chi connectivity index (χ2v) is 4.68. The van der Waals surface area contributed by atoms with Crippen molar-refractivity contribution in [2.24, 2.45) is 0 Å². The third-order valence-electron chi connectivity index (χ3n) is 2.24. The highest BCUT2D eigenvalue weighted by atomic mass is 35.5. The Morgan fingerprint density at radius 3 is 0.708 bits per heavy atom. The van der Waals surface area contributed by atoms with Crippen LogP contribution in [0.1, 0.15) is 0 Å². The van der Waals surface area contributed by atoms with E-state index in [1.54, 1.807) is 0 Å². The molecule has 0 aliphatic carbocycles. The van der Waals surface area contributed by atoms with E-state index in [0.29, 0.717) is 0 Å². The third kappa shape index (κ3) is 3.35. The van der Waals surface area contributed by atoms with Crippen LogP contribution in [-0.2, 0) is 0 Å². The summed E-state index contributed by atoms with van der Waals surface area (Å²) in [7, 11) is 0. The van der Waals surface area contributed by atoms with Crippen molar-refractivity contribution in [2.45, 2.75) is 36.0 Å². The van der Waals surface area contributed by atoms with Gasteiger partial charge in [-0.05, 0) is 0 Å². The fourth-order valence-corrected chi connectivity index (χ4v) is 1.38. The van der Waals surface area contributed by atoms with Crippen LogP contribution in [0.3, 0.4) is 0 Å². The van der Waals surface area contributed by atoms with Crippen molar-refractivity contribution in [3.05, 3.63) is 10.1 Å². The Balaban J connectivity index is 6.38. The molecule has 24 heavy (non-hydrogen) atoms. The standard InChI is InChI=1S/C8Cl2F14/c9-1(3(11,12)5(15,16)7(19,20)21)2(10)4(13,14)6(17,18)8(22,23)24/b2-1-. The van der Waals surface area contributed by atoms with Crippen molar-refractivity contribution in [1.29, 1.82) is 0 Å². The molecular formula is C8Cl2F14. The van der Waals surface area contributed by atoms with Gasteiger partial charge in [0, 0.05) is 0 Å². The summed E-state index contributed by atoms with van der Waals surface area (Å²) in [5, 5.41) is -7.47. The average Bonchev–Trinajstić information content (AvgIpc) is 2.33. The van der Waals surface area contributed by atoms with Crippen LogP contribution in [0.4, 0.5) is 61.5 Å². The maximum Gasteiger partial charge on any atom is 0.460 e. The van der Waals surface area contributed by atoms with Gasteiger partial charge in [0.15, 0.2) is 0 Å². The lowest BCUT2D eigenvalue weighted by molar-refractivity contribution is -0.348. The van der Waals surface area contributed by atoms with Crippen LogP contribution in [0.25, 0.3) is 0 Å². The molecule has 0 aromatic carbocycles. The molecule has 0 heterocycles. The molecule has 0 fully saturated rings. The molecule has 0 saturated carbocycles. The van der Waals surface area contributed by atoms with Gasteiger partial charge in [0.1, 0.15) is 10.1 Å². The summed E-state index contributed by atoms with van der Waals surface area (Å²) >= 11 is 8.18. The zero-order chi connectivity index (χ0) is 20.2. The first-order valence-corrected chi connectivity index (χ1v) is 5.53. The topological polar surface area (TPSA) is 0 Å². The molecule has 0 aromatic heterocycles. The molecule has 144 valence electrons. The molecule has 0 nitrogen and oxygen atoms in total. The predicted molar refractivity (Wildman–Crippen MR) is 50.6 cm³/mol. The number of halogens is 16. The van der Waals surface area contributed by atoms with Gasteiger partial charge < -0.3 is 0 Å². The Morgan fingerprint density at radius 1 is 0.417 bits per heavy atom. The highest BCUT2D eigenvalue weighted by Crippen LogP contribution is 2.56. The van der Waals surface area contributed by atoms with E-state index >= 15 is 0 Å². The van der Waals surface area contributed by atoms with Crippen molar-refractivity contribution in [1.82, 2.24) is 0 Å². The molecule has 0 amide bonds. The van der Waals surface area contributed by atoms with Crippen LogP contribution in [0, 0.1) is 0 Å². The summed E-state index contributed by atoms with van der Waals surface area (Å²) in [5.74, 6) is -28.1. The van der Waals surface area contributed by atoms with Crippen molar-refractivity contribution in [3.63, 3.8) is 0 Å². The SMILES string of the molecule is FC(F)(F)C(F)(F)C(F)(F)/C(Cl)=C(/Cl)C(F)(F)C(F)(F)C(F)(F)F. The third-order valence-corrected chi connectivity index (χ3v) is 3.19. The number of hydrogen-bond acceptors (Lipinski definition) is 0. The molecule has 0 rings (SSSR count). The Bertz CT molecular complexity index is 464. The first kappa shape index (κ1) is 23.3. The summed E-state index contributed by atoms with van der Waals surface area (Å²) < 4.78 is 173. The van der Waals surface area contributed by atoms with Gasteiger partial charge in [-0.2, -0.15) is 61.5 Å². The first-order chi connectivity index (χ1) is 10.1. The molecule has 0 aliphatic rings. The summed E-state index contributed by atoms with van der Waals surface area (Å²) in [6, 6.07) is 0. The summed E-state index contributed by atoms with van der Waals surface area (Å²) in [4.78, 5) is 0. The zero-order valence-electron chi connectivity index (χ0n) is 10.0. The van der Waals surface area contributed by atoms with E-state index in [9.17, 15) is 61.5 Å². The molecular weight excluding hydrogens is 433 g/mol. The molecule has 0 bridgehead atoms. The monoisotopic (exact) mass is 432 g/mol. The van der Waals surface area contributed by atoms with E-state index in [1.165, 1.54) is 0 Å². The minimum absolute atomic E-state index is 3.74. The van der Waals surface area contributed by atoms with E-state index in [2.05, 4.69) is 23.2 Å². The zero-order valence-corrected chi connectivity index (χ0v) is 11.6. The minimum Gasteiger partial charge on any atom is -0.193 e. The van der Waals surface area contributed by atoms with Crippen LogP contribution in [0.5, 0.6) is 0 Å². The van der Waals surface area contributed by atoms with Crippen LogP contribution in [0.15, 0.2) is 10.1 Å². The van der Waals surface area contributed by atoms with Gasteiger partial charge >= 0.3 is 36.0 Å². The lowest BCUT2D eigenvalue weighted by Gasteiger charge is -2.31. The molecule has 0 unspecified atom stereocenters. The lowest BCUT2D eigenvalue weighted by atomic mass is 10.1. The van der Waals surface area contributed by atoms with Crippen LogP contribution < -0.4 is 0 Å². The van der Waals surface area contributed by atoms with Crippen molar-refractivity contribution in [3.8, 4) is 0 Å². The number of alkyl halides is 14. The Labute approximate surface area is 132 Å². The smallest absolute Gasteiger partial charge is 0.193 e. The quantitative estimate of drug-likeness (QED) is 0.454. The summed E-state index contributed by atoms with van der Waals surface area (Å²) in [5.41, 5.74) is 0. The number of allylic oxidation sites excluding steroid dienone is 2. The van der Waals surface area contributed by atoms with E-state index in [4.69, 9.17) is 0 Å². The van der Waals surface area contributed by atoms with E-state index in [1.807, 2.05) is 0 Å². The Hall–Kier alpha value is -0.660. The predicted octanol–water partition coefficient (Wildman–Crippen LogP) is 6.34. The van der Waals surface area contributed by atoms with Crippen LogP contribution in [0.2, 0.25) is 0 Å². The average molecular weight is 433 g/mol. The van der Waals surface area contributed by atoms with E-state index < -0.39 is 46.1 Å². The maximum atomic E-state index is 13.0. The molecule has 0 saturated heterocycles. The van der Waals surface area contributed by atoms with Crippen LogP contribution in [-0.4, -0.2) is 36.0 Å². The highest BCUT2D eigenvalue weighted by Gasteiger charge is 2.78. The van der Waals surface area contributed by atoms with Crippen molar-refractivity contribution in [2.75, 3.05) is 0 Å². The largest absolute Gasteiger partial charge is 0.460 e. The van der Waals surface area contributed by atoms with Gasteiger partial charge in [-0.15, -0.1) is 0 Å². The van der Waals surface area contributed by atoms with Crippen LogP contribution >= 0.6 is 23.2 Å². The molecule has 16 heteroatoms. The van der Waals surface area contributed by atoms with Gasteiger partial charge in [-0.25, -0.2) is 0 Å². The molecule has 0 spiro atoms. The fourth-order valence-electron chi connectivity index (χ4n) is 0.907. The number of hydrogen-bond donors (Lipinski definition) is 0. The minimum atomic E-state index is -7.21. The molecule has 0 aliphatic heterocycles. The van der Waals surface area contributed by atoms with E-state index in [-0.39, 0.29) is 0 Å². The van der Waals surface area contributed by atoms with Gasteiger partial charge in [0.2, 0.25) is 0 Å². The first-order valence-electron chi connectivity index (χ1n) is 4.77. The number of rotatable bonds is 4. The molecule has 0 atom stereocenters. The normalized spacial score (nSPS) is 17.0. The van der Waals surface area contributed by atoms with E-state index in [0.717, 1.165) is 0 Å². The maximum absolute atomic E-state index is 13.0. The Kier molecular flexibility index (Phi) is 5.79. The van der Waals surface area contributed by atoms with Gasteiger partial charge in [-0.3, -0.25) is 0 Å². The highest BCUT2D eigenvalue weighted by molar-refractivity contribution is 6.40. The second kappa shape index (κ2) is 5.95. The molecule has 0 aromatic rings. The molecule has 0 radical (unpaired) electrons. The summed E-state index contributed by atoms with van der Waals surface area (Å²) in [6.45, 7) is 0.